The van der Waals surface area contributed by atoms with Gasteiger partial charge in [-0.3, -0.25) is 0 Å². The number of hydrogen-bond acceptors (Lipinski definition) is 7. The molecule has 5 atom stereocenters. The third-order valence-electron chi connectivity index (χ3n) is 5.63. The van der Waals surface area contributed by atoms with Crippen molar-refractivity contribution in [2.24, 2.45) is 5.92 Å². The molecule has 1 aliphatic heterocycles. The topological polar surface area (TPSA) is 62.3 Å². The van der Waals surface area contributed by atoms with E-state index in [1.807, 2.05) is 37.0 Å². The molecule has 0 bridgehead atoms. The number of epoxide rings is 1. The number of hydrogen-bond donors (Lipinski definition) is 1. The van der Waals surface area contributed by atoms with Gasteiger partial charge in [0.25, 0.3) is 0 Å². The lowest BCUT2D eigenvalue weighted by Gasteiger charge is -2.30. The minimum absolute atomic E-state index is 0.215. The molecule has 146 valence electrons. The summed E-state index contributed by atoms with van der Waals surface area (Å²) in [5.41, 5.74) is -1.75. The predicted octanol–water partition coefficient (Wildman–Crippen LogP) is 3.08. The van der Waals surface area contributed by atoms with Crippen LogP contribution in [0.4, 0.5) is 0 Å². The van der Waals surface area contributed by atoms with E-state index in [2.05, 4.69) is 11.8 Å². The Morgan fingerprint density at radius 1 is 1.19 bits per heavy atom. The zero-order chi connectivity index (χ0) is 19.2. The third kappa shape index (κ3) is 3.47. The highest BCUT2D eigenvalue weighted by atomic mass is 32.1. The van der Waals surface area contributed by atoms with Gasteiger partial charge in [0.2, 0.25) is 5.60 Å². The van der Waals surface area contributed by atoms with Crippen LogP contribution in [0, 0.1) is 5.92 Å². The minimum Gasteiger partial charge on any atom is -0.460 e. The smallest absolute Gasteiger partial charge is 0.349 e. The number of ether oxygens (including phenoxy) is 2. The first-order valence-corrected chi connectivity index (χ1v) is 11.0. The van der Waals surface area contributed by atoms with E-state index >= 15 is 0 Å². The predicted molar refractivity (Wildman–Crippen MR) is 106 cm³/mol. The van der Waals surface area contributed by atoms with E-state index in [0.717, 1.165) is 12.8 Å². The summed E-state index contributed by atoms with van der Waals surface area (Å²) >= 11 is 2.73. The van der Waals surface area contributed by atoms with Crippen molar-refractivity contribution >= 4 is 28.6 Å². The second-order valence-electron chi connectivity index (χ2n) is 7.74. The van der Waals surface area contributed by atoms with Crippen LogP contribution >= 0.6 is 22.7 Å². The number of nitrogens with zero attached hydrogens (tertiary/aromatic N) is 1. The Labute approximate surface area is 167 Å². The van der Waals surface area contributed by atoms with Gasteiger partial charge < -0.3 is 19.5 Å². The van der Waals surface area contributed by atoms with E-state index in [1.54, 1.807) is 12.1 Å². The number of thiophene rings is 2. The Bertz CT molecular complexity index is 740. The van der Waals surface area contributed by atoms with Gasteiger partial charge in [-0.15, -0.1) is 22.7 Å². The van der Waals surface area contributed by atoms with Gasteiger partial charge in [-0.2, -0.15) is 0 Å². The normalized spacial score (nSPS) is 30.6. The summed E-state index contributed by atoms with van der Waals surface area (Å²) in [7, 11) is 4.07. The van der Waals surface area contributed by atoms with Crippen molar-refractivity contribution in [1.29, 1.82) is 0 Å². The highest BCUT2D eigenvalue weighted by Crippen LogP contribution is 2.43. The highest BCUT2D eigenvalue weighted by molar-refractivity contribution is 7.12. The van der Waals surface area contributed by atoms with Gasteiger partial charge in [-0.25, -0.2) is 4.79 Å². The molecular weight excluding hydrogens is 382 g/mol. The van der Waals surface area contributed by atoms with Crippen LogP contribution in [-0.2, 0) is 19.9 Å². The summed E-state index contributed by atoms with van der Waals surface area (Å²) in [5, 5.41) is 15.1. The fourth-order valence-corrected chi connectivity index (χ4v) is 5.80. The molecule has 1 N–H and O–H groups in total. The van der Waals surface area contributed by atoms with Gasteiger partial charge in [0.1, 0.15) is 6.10 Å². The Kier molecular flexibility index (Phi) is 5.16. The molecule has 2 aliphatic rings. The molecule has 0 aromatic carbocycles. The fraction of sp³-hybridized carbons (Fsp3) is 0.550. The van der Waals surface area contributed by atoms with Crippen molar-refractivity contribution in [1.82, 2.24) is 4.90 Å². The molecule has 4 rings (SSSR count). The van der Waals surface area contributed by atoms with Crippen molar-refractivity contribution in [2.75, 3.05) is 14.1 Å². The second-order valence-corrected chi connectivity index (χ2v) is 9.63. The maximum absolute atomic E-state index is 13.2. The van der Waals surface area contributed by atoms with Crippen molar-refractivity contribution in [3.05, 3.63) is 44.8 Å². The molecule has 1 saturated carbocycles. The van der Waals surface area contributed by atoms with Crippen LogP contribution in [0.2, 0.25) is 0 Å². The highest BCUT2D eigenvalue weighted by Gasteiger charge is 2.53. The molecule has 5 unspecified atom stereocenters. The number of fused-ring (bicyclic) bond motifs is 1. The molecule has 0 spiro atoms. The van der Waals surface area contributed by atoms with Gasteiger partial charge in [0, 0.05) is 12.5 Å². The summed E-state index contributed by atoms with van der Waals surface area (Å²) < 4.78 is 11.8. The minimum atomic E-state index is -1.75. The Hall–Kier alpha value is -1.25. The maximum Gasteiger partial charge on any atom is 0.349 e. The lowest BCUT2D eigenvalue weighted by Crippen LogP contribution is -2.41. The number of aliphatic hydroxyl groups is 1. The number of carbonyl (C=O) groups excluding carboxylic acids is 1. The van der Waals surface area contributed by atoms with Crippen LogP contribution in [0.15, 0.2) is 35.0 Å². The Morgan fingerprint density at radius 3 is 2.33 bits per heavy atom. The van der Waals surface area contributed by atoms with Crippen molar-refractivity contribution in [3.63, 3.8) is 0 Å². The molecule has 2 fully saturated rings. The van der Waals surface area contributed by atoms with Gasteiger partial charge >= 0.3 is 5.97 Å². The maximum atomic E-state index is 13.2. The van der Waals surface area contributed by atoms with Gasteiger partial charge in [-0.1, -0.05) is 19.1 Å². The molecule has 2 aromatic heterocycles. The average molecular weight is 408 g/mol. The number of carbonyl (C=O) groups is 1. The van der Waals surface area contributed by atoms with Crippen molar-refractivity contribution < 1.29 is 19.4 Å². The largest absolute Gasteiger partial charge is 0.460 e. The molecule has 0 amide bonds. The molecule has 7 heteroatoms. The van der Waals surface area contributed by atoms with Crippen LogP contribution in [0.5, 0.6) is 0 Å². The molecule has 0 radical (unpaired) electrons. The zero-order valence-corrected chi connectivity index (χ0v) is 17.3. The first-order chi connectivity index (χ1) is 12.9. The van der Waals surface area contributed by atoms with Crippen LogP contribution in [0.25, 0.3) is 0 Å². The number of likely N-dealkylation sites (N-methyl/N-ethyl adjacent to an activating group) is 1. The van der Waals surface area contributed by atoms with Crippen LogP contribution < -0.4 is 0 Å². The quantitative estimate of drug-likeness (QED) is 0.610. The molecule has 27 heavy (non-hydrogen) atoms. The molecule has 1 aliphatic carbocycles. The average Bonchev–Trinajstić information content (AvgIpc) is 3.03. The van der Waals surface area contributed by atoms with Crippen LogP contribution in [0.1, 0.15) is 29.5 Å². The third-order valence-corrected chi connectivity index (χ3v) is 7.59. The summed E-state index contributed by atoms with van der Waals surface area (Å²) in [5.74, 6) is -0.257. The van der Waals surface area contributed by atoms with Crippen LogP contribution in [0.3, 0.4) is 0 Å². The van der Waals surface area contributed by atoms with E-state index in [9.17, 15) is 9.90 Å². The van der Waals surface area contributed by atoms with E-state index in [-0.39, 0.29) is 24.4 Å². The first-order valence-electron chi connectivity index (χ1n) is 9.24. The summed E-state index contributed by atoms with van der Waals surface area (Å²) in [6.45, 7) is 2.15. The van der Waals surface area contributed by atoms with Gasteiger partial charge in [-0.05, 0) is 49.3 Å². The summed E-state index contributed by atoms with van der Waals surface area (Å²) in [6.07, 6.45) is 1.70. The first kappa shape index (κ1) is 19.1. The number of rotatable bonds is 5. The summed E-state index contributed by atoms with van der Waals surface area (Å²) in [4.78, 5) is 16.5. The zero-order valence-electron chi connectivity index (χ0n) is 15.7. The standard InChI is InChI=1S/C20H25NO4S2/c1-12-10-13(11-14(21(2)3)18-17(12)25-18)24-19(22)20(23,15-6-4-8-26-15)16-7-5-9-27-16/h4-9,12-14,17-18,23H,10-11H2,1-3H3. The Balaban J connectivity index is 1.58. The van der Waals surface area contributed by atoms with Gasteiger partial charge in [0.15, 0.2) is 0 Å². The lowest BCUT2D eigenvalue weighted by molar-refractivity contribution is -0.169. The van der Waals surface area contributed by atoms with E-state index in [4.69, 9.17) is 9.47 Å². The molecule has 1 saturated heterocycles. The second kappa shape index (κ2) is 7.29. The van der Waals surface area contributed by atoms with E-state index in [1.165, 1.54) is 22.7 Å². The van der Waals surface area contributed by atoms with Crippen molar-refractivity contribution in [3.8, 4) is 0 Å². The fourth-order valence-electron chi connectivity index (χ4n) is 4.08. The molecule has 3 heterocycles. The van der Waals surface area contributed by atoms with Gasteiger partial charge in [0.05, 0.1) is 22.0 Å². The Morgan fingerprint density at radius 2 is 1.81 bits per heavy atom. The number of esters is 1. The molecule has 2 aromatic rings. The van der Waals surface area contributed by atoms with E-state index in [0.29, 0.717) is 15.7 Å². The van der Waals surface area contributed by atoms with Crippen molar-refractivity contribution in [2.45, 2.75) is 49.7 Å². The SMILES string of the molecule is CC1CC(OC(=O)C(O)(c2cccs2)c2cccs2)CC(N(C)C)C2OC12. The van der Waals surface area contributed by atoms with E-state index < -0.39 is 11.6 Å². The van der Waals surface area contributed by atoms with Crippen LogP contribution in [-0.4, -0.2) is 54.4 Å². The monoisotopic (exact) mass is 407 g/mol. The molecular formula is C20H25NO4S2. The molecule has 5 nitrogen and oxygen atoms in total. The lowest BCUT2D eigenvalue weighted by atomic mass is 9.98. The summed E-state index contributed by atoms with van der Waals surface area (Å²) in [6, 6.07) is 7.47.